The largest absolute Gasteiger partial charge is 0.330 e. The smallest absolute Gasteiger partial charge is 0.236 e. The summed E-state index contributed by atoms with van der Waals surface area (Å²) in [6.45, 7) is 4.49. The van der Waals surface area contributed by atoms with Crippen molar-refractivity contribution in [2.24, 2.45) is 5.73 Å². The topological polar surface area (TPSA) is 69.6 Å². The zero-order valence-corrected chi connectivity index (χ0v) is 11.7. The summed E-state index contributed by atoms with van der Waals surface area (Å²) >= 11 is 0. The molecular weight excluding hydrogens is 250 g/mol. The van der Waals surface area contributed by atoms with Gasteiger partial charge in [0.05, 0.1) is 11.0 Å². The zero-order chi connectivity index (χ0) is 14.1. The van der Waals surface area contributed by atoms with E-state index in [4.69, 9.17) is 5.73 Å². The molecule has 0 radical (unpaired) electrons. The monoisotopic (exact) mass is 267 g/mol. The van der Waals surface area contributed by atoms with Gasteiger partial charge in [0.25, 0.3) is 0 Å². The lowest BCUT2D eigenvalue weighted by Crippen LogP contribution is -2.11. The van der Waals surface area contributed by atoms with Crippen LogP contribution in [0.3, 0.4) is 0 Å². The maximum atomic E-state index is 5.69. The number of fused-ring (bicyclic) bond motifs is 1. The Morgan fingerprint density at radius 2 is 1.75 bits per heavy atom. The first-order chi connectivity index (χ1) is 9.69. The van der Waals surface area contributed by atoms with Crippen LogP contribution in [0.4, 0.5) is 0 Å². The maximum absolute atomic E-state index is 5.69. The predicted octanol–water partition coefficient (Wildman–Crippen LogP) is 1.93. The highest BCUT2D eigenvalue weighted by Crippen LogP contribution is 2.20. The van der Waals surface area contributed by atoms with Gasteiger partial charge in [-0.3, -0.25) is 4.57 Å². The number of aryl methyl sites for hydroxylation is 2. The van der Waals surface area contributed by atoms with Crippen LogP contribution in [-0.2, 0) is 6.42 Å². The third-order valence-corrected chi connectivity index (χ3v) is 3.17. The highest BCUT2D eigenvalue weighted by molar-refractivity contribution is 5.77. The summed E-state index contributed by atoms with van der Waals surface area (Å²) in [6.07, 6.45) is 0.699. The Kier molecular flexibility index (Phi) is 3.20. The van der Waals surface area contributed by atoms with Crippen LogP contribution in [0.15, 0.2) is 30.3 Å². The number of nitrogens with two attached hydrogens (primary N) is 1. The van der Waals surface area contributed by atoms with Gasteiger partial charge in [-0.05, 0) is 38.6 Å². The molecule has 2 heterocycles. The second kappa shape index (κ2) is 5.02. The fourth-order valence-corrected chi connectivity index (χ4v) is 2.40. The van der Waals surface area contributed by atoms with Crippen LogP contribution in [-0.4, -0.2) is 26.1 Å². The molecule has 2 N–H and O–H groups in total. The van der Waals surface area contributed by atoms with Crippen molar-refractivity contribution in [1.29, 1.82) is 0 Å². The van der Waals surface area contributed by atoms with E-state index >= 15 is 0 Å². The van der Waals surface area contributed by atoms with E-state index in [1.807, 2.05) is 48.7 Å². The number of aromatic nitrogens is 4. The van der Waals surface area contributed by atoms with Crippen molar-refractivity contribution in [2.45, 2.75) is 20.3 Å². The van der Waals surface area contributed by atoms with Gasteiger partial charge in [-0.2, -0.15) is 0 Å². The Morgan fingerprint density at radius 3 is 2.45 bits per heavy atom. The lowest BCUT2D eigenvalue weighted by atomic mass is 10.3. The van der Waals surface area contributed by atoms with Crippen LogP contribution in [0.2, 0.25) is 0 Å². The molecule has 1 aromatic carbocycles. The Hall–Kier alpha value is -2.27. The Labute approximate surface area is 117 Å². The van der Waals surface area contributed by atoms with E-state index in [0.29, 0.717) is 18.9 Å². The molecule has 20 heavy (non-hydrogen) atoms. The molecule has 0 spiro atoms. The normalized spacial score (nSPS) is 11.2. The predicted molar refractivity (Wildman–Crippen MR) is 78.9 cm³/mol. The van der Waals surface area contributed by atoms with Gasteiger partial charge < -0.3 is 5.73 Å². The molecule has 5 nitrogen and oxygen atoms in total. The van der Waals surface area contributed by atoms with Crippen molar-refractivity contribution in [3.8, 4) is 5.95 Å². The number of para-hydroxylation sites is 2. The minimum absolute atomic E-state index is 0.550. The average molecular weight is 267 g/mol. The second-order valence-corrected chi connectivity index (χ2v) is 4.84. The first kappa shape index (κ1) is 12.7. The van der Waals surface area contributed by atoms with Crippen LogP contribution in [0, 0.1) is 13.8 Å². The van der Waals surface area contributed by atoms with Crippen LogP contribution in [0.25, 0.3) is 17.0 Å². The highest BCUT2D eigenvalue weighted by Gasteiger charge is 2.14. The van der Waals surface area contributed by atoms with Crippen LogP contribution in [0.5, 0.6) is 0 Å². The van der Waals surface area contributed by atoms with E-state index in [-0.39, 0.29) is 0 Å². The van der Waals surface area contributed by atoms with E-state index in [2.05, 4.69) is 15.0 Å². The van der Waals surface area contributed by atoms with Gasteiger partial charge in [-0.1, -0.05) is 12.1 Å². The SMILES string of the molecule is Cc1cc(C)nc(-n2c(CCN)nc3ccccc32)n1. The quantitative estimate of drug-likeness (QED) is 0.787. The van der Waals surface area contributed by atoms with Crippen molar-refractivity contribution in [3.63, 3.8) is 0 Å². The maximum Gasteiger partial charge on any atom is 0.236 e. The third-order valence-electron chi connectivity index (χ3n) is 3.17. The van der Waals surface area contributed by atoms with Crippen molar-refractivity contribution in [3.05, 3.63) is 47.5 Å². The number of nitrogens with zero attached hydrogens (tertiary/aromatic N) is 4. The molecule has 0 aliphatic heterocycles. The van der Waals surface area contributed by atoms with Crippen molar-refractivity contribution in [2.75, 3.05) is 6.54 Å². The summed E-state index contributed by atoms with van der Waals surface area (Å²) in [5.74, 6) is 1.57. The first-order valence-electron chi connectivity index (χ1n) is 6.68. The lowest BCUT2D eigenvalue weighted by molar-refractivity contribution is 0.807. The second-order valence-electron chi connectivity index (χ2n) is 4.84. The highest BCUT2D eigenvalue weighted by atomic mass is 15.2. The summed E-state index contributed by atoms with van der Waals surface area (Å²) in [7, 11) is 0. The molecule has 5 heteroatoms. The third kappa shape index (κ3) is 2.16. The molecule has 0 aliphatic carbocycles. The molecule has 0 unspecified atom stereocenters. The van der Waals surface area contributed by atoms with Crippen molar-refractivity contribution in [1.82, 2.24) is 19.5 Å². The molecule has 102 valence electrons. The van der Waals surface area contributed by atoms with Gasteiger partial charge in [0.15, 0.2) is 0 Å². The zero-order valence-electron chi connectivity index (χ0n) is 11.7. The van der Waals surface area contributed by atoms with Gasteiger partial charge >= 0.3 is 0 Å². The van der Waals surface area contributed by atoms with Gasteiger partial charge in [-0.25, -0.2) is 15.0 Å². The van der Waals surface area contributed by atoms with E-state index in [1.54, 1.807) is 0 Å². The minimum Gasteiger partial charge on any atom is -0.330 e. The summed E-state index contributed by atoms with van der Waals surface area (Å²) in [5, 5.41) is 0. The van der Waals surface area contributed by atoms with Crippen LogP contribution >= 0.6 is 0 Å². The summed E-state index contributed by atoms with van der Waals surface area (Å²) in [5.41, 5.74) is 9.55. The number of hydrogen-bond acceptors (Lipinski definition) is 4. The molecule has 3 aromatic rings. The van der Waals surface area contributed by atoms with Gasteiger partial charge in [0.2, 0.25) is 5.95 Å². The molecule has 0 saturated carbocycles. The Morgan fingerprint density at radius 1 is 1.05 bits per heavy atom. The molecule has 0 amide bonds. The van der Waals surface area contributed by atoms with Crippen molar-refractivity contribution >= 4 is 11.0 Å². The number of imidazole rings is 1. The fraction of sp³-hybridized carbons (Fsp3) is 0.267. The number of rotatable bonds is 3. The molecule has 3 rings (SSSR count). The van der Waals surface area contributed by atoms with Gasteiger partial charge in [-0.15, -0.1) is 0 Å². The van der Waals surface area contributed by atoms with Gasteiger partial charge in [0, 0.05) is 17.8 Å². The number of benzene rings is 1. The molecular formula is C15H17N5. The van der Waals surface area contributed by atoms with E-state index in [0.717, 1.165) is 28.2 Å². The lowest BCUT2D eigenvalue weighted by Gasteiger charge is -2.08. The van der Waals surface area contributed by atoms with E-state index in [1.165, 1.54) is 0 Å². The van der Waals surface area contributed by atoms with Gasteiger partial charge in [0.1, 0.15) is 5.82 Å². The van der Waals surface area contributed by atoms with Crippen molar-refractivity contribution < 1.29 is 0 Å². The molecule has 0 fully saturated rings. The minimum atomic E-state index is 0.550. The summed E-state index contributed by atoms with van der Waals surface area (Å²) in [4.78, 5) is 13.7. The van der Waals surface area contributed by atoms with Crippen LogP contribution in [0.1, 0.15) is 17.2 Å². The van der Waals surface area contributed by atoms with E-state index in [9.17, 15) is 0 Å². The van der Waals surface area contributed by atoms with Crippen LogP contribution < -0.4 is 5.73 Å². The number of hydrogen-bond donors (Lipinski definition) is 1. The molecule has 2 aromatic heterocycles. The Balaban J connectivity index is 2.29. The molecule has 0 aliphatic rings. The average Bonchev–Trinajstić information content (AvgIpc) is 2.76. The molecule has 0 saturated heterocycles. The molecule has 0 bridgehead atoms. The van der Waals surface area contributed by atoms with E-state index < -0.39 is 0 Å². The first-order valence-corrected chi connectivity index (χ1v) is 6.68. The molecule has 0 atom stereocenters. The summed E-state index contributed by atoms with van der Waals surface area (Å²) < 4.78 is 2.00. The fourth-order valence-electron chi connectivity index (χ4n) is 2.40. The standard InChI is InChI=1S/C15H17N5/c1-10-9-11(2)18-15(17-10)20-13-6-4-3-5-12(13)19-14(20)7-8-16/h3-6,9H,7-8,16H2,1-2H3. The Bertz CT molecular complexity index is 740. The summed E-state index contributed by atoms with van der Waals surface area (Å²) in [6, 6.07) is 9.97.